The minimum atomic E-state index is 0.0282. The van der Waals surface area contributed by atoms with Crippen molar-refractivity contribution in [1.29, 1.82) is 0 Å². The predicted molar refractivity (Wildman–Crippen MR) is 106 cm³/mol. The number of benzene rings is 1. The number of carbonyl (C=O) groups excluding carboxylic acids is 1. The summed E-state index contributed by atoms with van der Waals surface area (Å²) < 4.78 is 5.52. The van der Waals surface area contributed by atoms with E-state index in [4.69, 9.17) is 4.74 Å². The molecule has 3 aromatic rings. The van der Waals surface area contributed by atoms with Gasteiger partial charge in [-0.3, -0.25) is 4.79 Å². The molecule has 134 valence electrons. The zero-order chi connectivity index (χ0) is 17.9. The quantitative estimate of drug-likeness (QED) is 0.603. The van der Waals surface area contributed by atoms with E-state index in [9.17, 15) is 4.79 Å². The van der Waals surface area contributed by atoms with Crippen molar-refractivity contribution in [2.45, 2.75) is 25.8 Å². The second-order valence-corrected chi connectivity index (χ2v) is 7.98. The summed E-state index contributed by atoms with van der Waals surface area (Å²) >= 11 is 3.18. The standard InChI is InChI=1S/C20H20N2O2S2/c1-2-24-15-9-7-14(8-10-15)17-5-3-11-22(17)20(23)16-13-26-19(21-16)18-6-4-12-25-18/h4,6-10,12-13,17H,2-3,5,11H2,1H3. The third-order valence-corrected chi connectivity index (χ3v) is 6.43. The zero-order valence-corrected chi connectivity index (χ0v) is 16.2. The summed E-state index contributed by atoms with van der Waals surface area (Å²) in [6.45, 7) is 3.41. The number of nitrogens with zero attached hydrogens (tertiary/aromatic N) is 2. The Hall–Kier alpha value is -2.18. The molecule has 1 unspecified atom stereocenters. The maximum Gasteiger partial charge on any atom is 0.273 e. The van der Waals surface area contributed by atoms with Gasteiger partial charge in [-0.05, 0) is 48.9 Å². The van der Waals surface area contributed by atoms with Gasteiger partial charge in [0.1, 0.15) is 16.5 Å². The number of aromatic nitrogens is 1. The van der Waals surface area contributed by atoms with Crippen LogP contribution in [0.5, 0.6) is 5.75 Å². The minimum Gasteiger partial charge on any atom is -0.494 e. The molecule has 0 N–H and O–H groups in total. The van der Waals surface area contributed by atoms with Crippen molar-refractivity contribution in [3.63, 3.8) is 0 Å². The van der Waals surface area contributed by atoms with E-state index < -0.39 is 0 Å². The van der Waals surface area contributed by atoms with Gasteiger partial charge in [0.25, 0.3) is 5.91 Å². The summed E-state index contributed by atoms with van der Waals surface area (Å²) in [4.78, 5) is 20.7. The molecule has 0 radical (unpaired) electrons. The fourth-order valence-corrected chi connectivity index (χ4v) is 4.95. The largest absolute Gasteiger partial charge is 0.494 e. The van der Waals surface area contributed by atoms with E-state index in [0.29, 0.717) is 12.3 Å². The number of hydrogen-bond acceptors (Lipinski definition) is 5. The molecule has 4 nitrogen and oxygen atoms in total. The van der Waals surface area contributed by atoms with E-state index in [0.717, 1.165) is 40.6 Å². The summed E-state index contributed by atoms with van der Waals surface area (Å²) in [5.41, 5.74) is 1.71. The van der Waals surface area contributed by atoms with Crippen LogP contribution in [-0.2, 0) is 0 Å². The van der Waals surface area contributed by atoms with Crippen LogP contribution >= 0.6 is 22.7 Å². The Morgan fingerprint density at radius 1 is 1.27 bits per heavy atom. The van der Waals surface area contributed by atoms with Gasteiger partial charge in [-0.1, -0.05) is 18.2 Å². The normalized spacial score (nSPS) is 16.8. The molecule has 1 amide bonds. The van der Waals surface area contributed by atoms with Crippen molar-refractivity contribution in [3.8, 4) is 15.6 Å². The van der Waals surface area contributed by atoms with Crippen molar-refractivity contribution >= 4 is 28.6 Å². The second-order valence-electron chi connectivity index (χ2n) is 6.17. The third-order valence-electron chi connectivity index (χ3n) is 4.54. The van der Waals surface area contributed by atoms with Gasteiger partial charge in [-0.2, -0.15) is 0 Å². The first-order valence-corrected chi connectivity index (χ1v) is 10.6. The maximum absolute atomic E-state index is 13.0. The molecule has 4 rings (SSSR count). The Labute approximate surface area is 161 Å². The molecule has 0 aliphatic carbocycles. The number of thiophene rings is 1. The van der Waals surface area contributed by atoms with Crippen LogP contribution in [0.15, 0.2) is 47.2 Å². The first-order valence-electron chi connectivity index (χ1n) is 8.79. The van der Waals surface area contributed by atoms with Crippen LogP contribution in [0, 0.1) is 0 Å². The van der Waals surface area contributed by atoms with E-state index >= 15 is 0 Å². The van der Waals surface area contributed by atoms with E-state index in [1.807, 2.05) is 46.8 Å². The second kappa shape index (κ2) is 7.60. The number of thiazole rings is 1. The van der Waals surface area contributed by atoms with Crippen molar-refractivity contribution in [3.05, 3.63) is 58.4 Å². The van der Waals surface area contributed by atoms with Gasteiger partial charge >= 0.3 is 0 Å². The van der Waals surface area contributed by atoms with Crippen LogP contribution in [0.2, 0.25) is 0 Å². The van der Waals surface area contributed by atoms with E-state index in [2.05, 4.69) is 17.1 Å². The Bertz CT molecular complexity index is 872. The van der Waals surface area contributed by atoms with Crippen molar-refractivity contribution < 1.29 is 9.53 Å². The molecule has 1 atom stereocenters. The number of carbonyl (C=O) groups is 1. The maximum atomic E-state index is 13.0. The highest BCUT2D eigenvalue weighted by atomic mass is 32.1. The third kappa shape index (κ3) is 3.39. The molecule has 1 aromatic carbocycles. The van der Waals surface area contributed by atoms with Crippen LogP contribution in [-0.4, -0.2) is 28.9 Å². The molecular weight excluding hydrogens is 364 g/mol. The lowest BCUT2D eigenvalue weighted by Crippen LogP contribution is -2.30. The number of likely N-dealkylation sites (tertiary alicyclic amines) is 1. The highest BCUT2D eigenvalue weighted by molar-refractivity contribution is 7.20. The molecule has 0 saturated carbocycles. The smallest absolute Gasteiger partial charge is 0.273 e. The fourth-order valence-electron chi connectivity index (χ4n) is 3.34. The topological polar surface area (TPSA) is 42.4 Å². The summed E-state index contributed by atoms with van der Waals surface area (Å²) in [6.07, 6.45) is 2.01. The summed E-state index contributed by atoms with van der Waals surface area (Å²) in [5, 5.41) is 4.83. The average Bonchev–Trinajstić information content (AvgIpc) is 3.42. The van der Waals surface area contributed by atoms with Crippen molar-refractivity contribution in [2.75, 3.05) is 13.2 Å². The molecule has 1 aliphatic rings. The van der Waals surface area contributed by atoms with Gasteiger partial charge < -0.3 is 9.64 Å². The van der Waals surface area contributed by atoms with Crippen LogP contribution in [0.1, 0.15) is 41.9 Å². The van der Waals surface area contributed by atoms with Gasteiger partial charge in [-0.25, -0.2) is 4.98 Å². The lowest BCUT2D eigenvalue weighted by Gasteiger charge is -2.24. The monoisotopic (exact) mass is 384 g/mol. The summed E-state index contributed by atoms with van der Waals surface area (Å²) in [7, 11) is 0. The number of hydrogen-bond donors (Lipinski definition) is 0. The molecule has 1 saturated heterocycles. The molecular formula is C20H20N2O2S2. The average molecular weight is 385 g/mol. The fraction of sp³-hybridized carbons (Fsp3) is 0.300. The molecule has 0 bridgehead atoms. The first kappa shape index (κ1) is 17.2. The minimum absolute atomic E-state index is 0.0282. The van der Waals surface area contributed by atoms with Crippen molar-refractivity contribution in [1.82, 2.24) is 9.88 Å². The highest BCUT2D eigenvalue weighted by Crippen LogP contribution is 2.35. The van der Waals surface area contributed by atoms with Crippen LogP contribution < -0.4 is 4.74 Å². The van der Waals surface area contributed by atoms with Gasteiger partial charge in [0.15, 0.2) is 0 Å². The molecule has 6 heteroatoms. The number of rotatable bonds is 5. The Balaban J connectivity index is 1.53. The number of amides is 1. The van der Waals surface area contributed by atoms with E-state index in [-0.39, 0.29) is 11.9 Å². The predicted octanol–water partition coefficient (Wildman–Crippen LogP) is 5.25. The zero-order valence-electron chi connectivity index (χ0n) is 14.6. The van der Waals surface area contributed by atoms with Crippen LogP contribution in [0.25, 0.3) is 9.88 Å². The molecule has 1 aliphatic heterocycles. The van der Waals surface area contributed by atoms with Gasteiger partial charge in [-0.15, -0.1) is 22.7 Å². The lowest BCUT2D eigenvalue weighted by molar-refractivity contribution is 0.0730. The Morgan fingerprint density at radius 2 is 2.12 bits per heavy atom. The number of ether oxygens (including phenoxy) is 1. The van der Waals surface area contributed by atoms with Gasteiger partial charge in [0, 0.05) is 11.9 Å². The lowest BCUT2D eigenvalue weighted by atomic mass is 10.0. The Kier molecular flexibility index (Phi) is 5.04. The molecule has 3 heterocycles. The highest BCUT2D eigenvalue weighted by Gasteiger charge is 2.31. The summed E-state index contributed by atoms with van der Waals surface area (Å²) in [6, 6.07) is 12.3. The molecule has 2 aromatic heterocycles. The molecule has 0 spiro atoms. The Morgan fingerprint density at radius 3 is 2.85 bits per heavy atom. The van der Waals surface area contributed by atoms with Gasteiger partial charge in [0.05, 0.1) is 17.5 Å². The summed E-state index contributed by atoms with van der Waals surface area (Å²) in [5.74, 6) is 0.896. The van der Waals surface area contributed by atoms with E-state index in [1.54, 1.807) is 11.3 Å². The van der Waals surface area contributed by atoms with Crippen LogP contribution in [0.3, 0.4) is 0 Å². The van der Waals surface area contributed by atoms with Crippen molar-refractivity contribution in [2.24, 2.45) is 0 Å². The van der Waals surface area contributed by atoms with E-state index in [1.165, 1.54) is 11.3 Å². The molecule has 1 fully saturated rings. The van der Waals surface area contributed by atoms with Crippen LogP contribution in [0.4, 0.5) is 0 Å². The first-order chi connectivity index (χ1) is 12.8. The molecule has 26 heavy (non-hydrogen) atoms. The van der Waals surface area contributed by atoms with Gasteiger partial charge in [0.2, 0.25) is 0 Å². The SMILES string of the molecule is CCOc1ccc(C2CCCN2C(=O)c2csc(-c3cccs3)n2)cc1.